The summed E-state index contributed by atoms with van der Waals surface area (Å²) in [4.78, 5) is 32.9. The van der Waals surface area contributed by atoms with Crippen LogP contribution in [0.3, 0.4) is 0 Å². The monoisotopic (exact) mass is 334 g/mol. The van der Waals surface area contributed by atoms with Crippen LogP contribution >= 0.6 is 0 Å². The molecule has 1 rings (SSSR count). The Morgan fingerprint density at radius 1 is 1.50 bits per heavy atom. The summed E-state index contributed by atoms with van der Waals surface area (Å²) in [5, 5.41) is 2.41. The average Bonchev–Trinajstić information content (AvgIpc) is 3.07. The van der Waals surface area contributed by atoms with Crippen LogP contribution in [0.15, 0.2) is 24.9 Å². The van der Waals surface area contributed by atoms with Crippen LogP contribution in [0.2, 0.25) is 0 Å². The van der Waals surface area contributed by atoms with Crippen molar-refractivity contribution in [1.29, 1.82) is 0 Å². The van der Waals surface area contributed by atoms with Crippen LogP contribution in [0, 0.1) is 0 Å². The van der Waals surface area contributed by atoms with Crippen LogP contribution < -0.4 is 5.32 Å². The number of methoxy groups -OCH3 is 1. The molecular formula is C17H26N4O3. The predicted octanol–water partition coefficient (Wildman–Crippen LogP) is 2.65. The number of alkyl carbamates (subject to hydrolysis) is 1. The van der Waals surface area contributed by atoms with Crippen molar-refractivity contribution in [2.75, 3.05) is 20.2 Å². The molecule has 0 saturated heterocycles. The number of aromatic nitrogens is 2. The summed E-state index contributed by atoms with van der Waals surface area (Å²) in [6.07, 6.45) is 5.50. The Labute approximate surface area is 142 Å². The SMILES string of the molecule is C=C/C(=C\C)c1cnc(C(CC)N(CC)C(=O)CNC(=O)OC)[nH]1. The van der Waals surface area contributed by atoms with E-state index in [4.69, 9.17) is 0 Å². The highest BCUT2D eigenvalue weighted by Crippen LogP contribution is 2.23. The van der Waals surface area contributed by atoms with Gasteiger partial charge in [-0.05, 0) is 25.8 Å². The third kappa shape index (κ3) is 4.71. The fourth-order valence-electron chi connectivity index (χ4n) is 2.49. The summed E-state index contributed by atoms with van der Waals surface area (Å²) >= 11 is 0. The first-order valence-electron chi connectivity index (χ1n) is 7.97. The molecule has 0 aliphatic heterocycles. The van der Waals surface area contributed by atoms with E-state index in [1.807, 2.05) is 26.8 Å². The zero-order valence-corrected chi connectivity index (χ0v) is 14.8. The molecule has 24 heavy (non-hydrogen) atoms. The standard InChI is InChI=1S/C17H26N4O3/c1-6-12(7-2)13-10-18-16(20-13)14(8-3)21(9-4)15(22)11-19-17(23)24-5/h6-7,10,14H,1,8-9,11H2,2-5H3,(H,18,20)(H,19,23)/b12-7+. The number of nitrogens with one attached hydrogen (secondary N) is 2. The number of amides is 2. The van der Waals surface area contributed by atoms with Gasteiger partial charge in [0, 0.05) is 6.54 Å². The van der Waals surface area contributed by atoms with E-state index in [0.29, 0.717) is 18.8 Å². The lowest BCUT2D eigenvalue weighted by atomic mass is 10.1. The molecule has 1 aromatic rings. The second-order valence-corrected chi connectivity index (χ2v) is 5.08. The van der Waals surface area contributed by atoms with E-state index in [9.17, 15) is 9.59 Å². The number of carbonyl (C=O) groups excluding carboxylic acids is 2. The molecule has 2 amide bonds. The normalized spacial score (nSPS) is 12.4. The fraction of sp³-hybridized carbons (Fsp3) is 0.471. The quantitative estimate of drug-likeness (QED) is 0.716. The first kappa shape index (κ1) is 19.5. The first-order chi connectivity index (χ1) is 11.5. The van der Waals surface area contributed by atoms with Gasteiger partial charge in [-0.3, -0.25) is 4.79 Å². The van der Waals surface area contributed by atoms with Gasteiger partial charge in [-0.25, -0.2) is 9.78 Å². The van der Waals surface area contributed by atoms with Gasteiger partial charge in [0.05, 0.1) is 25.0 Å². The Hall–Kier alpha value is -2.57. The van der Waals surface area contributed by atoms with Gasteiger partial charge in [0.1, 0.15) is 12.4 Å². The Kier molecular flexibility index (Phi) is 7.74. The molecule has 0 aromatic carbocycles. The molecule has 2 N–H and O–H groups in total. The lowest BCUT2D eigenvalue weighted by Gasteiger charge is -2.28. The van der Waals surface area contributed by atoms with Gasteiger partial charge in [0.15, 0.2) is 0 Å². The van der Waals surface area contributed by atoms with Crippen molar-refractivity contribution in [2.45, 2.75) is 33.2 Å². The lowest BCUT2D eigenvalue weighted by molar-refractivity contribution is -0.132. The number of likely N-dealkylation sites (N-methyl/N-ethyl adjacent to an activating group) is 1. The minimum atomic E-state index is -0.628. The molecule has 0 radical (unpaired) electrons. The topological polar surface area (TPSA) is 87.3 Å². The van der Waals surface area contributed by atoms with Gasteiger partial charge >= 0.3 is 6.09 Å². The maximum Gasteiger partial charge on any atom is 0.407 e. The summed E-state index contributed by atoms with van der Waals surface area (Å²) in [7, 11) is 1.26. The largest absolute Gasteiger partial charge is 0.453 e. The number of hydrogen-bond donors (Lipinski definition) is 2. The Balaban J connectivity index is 2.94. The molecule has 0 fully saturated rings. The van der Waals surface area contributed by atoms with Gasteiger partial charge in [-0.1, -0.05) is 25.7 Å². The molecule has 7 heteroatoms. The van der Waals surface area contributed by atoms with Crippen molar-refractivity contribution >= 4 is 17.6 Å². The van der Waals surface area contributed by atoms with Crippen molar-refractivity contribution in [2.24, 2.45) is 0 Å². The van der Waals surface area contributed by atoms with E-state index >= 15 is 0 Å². The van der Waals surface area contributed by atoms with Crippen molar-refractivity contribution in [3.8, 4) is 0 Å². The van der Waals surface area contributed by atoms with Gasteiger partial charge in [-0.15, -0.1) is 0 Å². The smallest absolute Gasteiger partial charge is 0.407 e. The maximum absolute atomic E-state index is 12.4. The van der Waals surface area contributed by atoms with Crippen molar-refractivity contribution in [3.05, 3.63) is 36.4 Å². The number of rotatable bonds is 8. The van der Waals surface area contributed by atoms with Gasteiger partial charge in [0.25, 0.3) is 0 Å². The fourth-order valence-corrected chi connectivity index (χ4v) is 2.49. The summed E-state index contributed by atoms with van der Waals surface area (Å²) in [5.41, 5.74) is 1.81. The van der Waals surface area contributed by atoms with Crippen LogP contribution in [0.1, 0.15) is 44.8 Å². The maximum atomic E-state index is 12.4. The predicted molar refractivity (Wildman–Crippen MR) is 93.3 cm³/mol. The van der Waals surface area contributed by atoms with Gasteiger partial charge in [-0.2, -0.15) is 0 Å². The average molecular weight is 334 g/mol. The number of imidazole rings is 1. The Bertz CT molecular complexity index is 607. The number of nitrogens with zero attached hydrogens (tertiary/aromatic N) is 2. The molecule has 1 atom stereocenters. The molecule has 0 spiro atoms. The molecule has 132 valence electrons. The minimum absolute atomic E-state index is 0.114. The third-order valence-corrected chi connectivity index (χ3v) is 3.75. The number of aromatic amines is 1. The highest BCUT2D eigenvalue weighted by Gasteiger charge is 2.25. The molecule has 1 heterocycles. The zero-order valence-electron chi connectivity index (χ0n) is 14.8. The minimum Gasteiger partial charge on any atom is -0.453 e. The molecule has 0 aliphatic carbocycles. The van der Waals surface area contributed by atoms with E-state index in [1.165, 1.54) is 7.11 Å². The van der Waals surface area contributed by atoms with E-state index in [1.54, 1.807) is 17.2 Å². The van der Waals surface area contributed by atoms with Crippen LogP contribution in [0.5, 0.6) is 0 Å². The Morgan fingerprint density at radius 3 is 2.71 bits per heavy atom. The first-order valence-corrected chi connectivity index (χ1v) is 7.97. The van der Waals surface area contributed by atoms with E-state index < -0.39 is 6.09 Å². The second-order valence-electron chi connectivity index (χ2n) is 5.08. The number of hydrogen-bond acceptors (Lipinski definition) is 4. The molecular weight excluding hydrogens is 308 g/mol. The van der Waals surface area contributed by atoms with Crippen LogP contribution in [0.25, 0.3) is 5.57 Å². The molecule has 1 aromatic heterocycles. The lowest BCUT2D eigenvalue weighted by Crippen LogP contribution is -2.42. The van der Waals surface area contributed by atoms with E-state index in [0.717, 1.165) is 11.3 Å². The third-order valence-electron chi connectivity index (χ3n) is 3.75. The second kappa shape index (κ2) is 9.54. The molecule has 7 nitrogen and oxygen atoms in total. The van der Waals surface area contributed by atoms with Gasteiger partial charge in [0.2, 0.25) is 5.91 Å². The highest BCUT2D eigenvalue weighted by molar-refractivity contribution is 5.82. The van der Waals surface area contributed by atoms with Crippen molar-refractivity contribution in [3.63, 3.8) is 0 Å². The summed E-state index contributed by atoms with van der Waals surface area (Å²) in [5.74, 6) is 0.518. The highest BCUT2D eigenvalue weighted by atomic mass is 16.5. The molecule has 1 unspecified atom stereocenters. The number of allylic oxidation sites excluding steroid dienone is 3. The van der Waals surface area contributed by atoms with E-state index in [-0.39, 0.29) is 18.5 Å². The van der Waals surface area contributed by atoms with Crippen molar-refractivity contribution in [1.82, 2.24) is 20.2 Å². The zero-order chi connectivity index (χ0) is 18.1. The van der Waals surface area contributed by atoms with Crippen LogP contribution in [-0.4, -0.2) is 47.1 Å². The summed E-state index contributed by atoms with van der Waals surface area (Å²) in [6, 6.07) is -0.196. The van der Waals surface area contributed by atoms with Crippen molar-refractivity contribution < 1.29 is 14.3 Å². The number of H-pyrrole nitrogens is 1. The summed E-state index contributed by atoms with van der Waals surface area (Å²) in [6.45, 7) is 9.98. The van der Waals surface area contributed by atoms with E-state index in [2.05, 4.69) is 26.6 Å². The molecule has 0 saturated carbocycles. The summed E-state index contributed by atoms with van der Waals surface area (Å²) < 4.78 is 4.48. The number of ether oxygens (including phenoxy) is 1. The number of carbonyl (C=O) groups is 2. The van der Waals surface area contributed by atoms with Crippen LogP contribution in [-0.2, 0) is 9.53 Å². The Morgan fingerprint density at radius 2 is 2.21 bits per heavy atom. The van der Waals surface area contributed by atoms with Gasteiger partial charge < -0.3 is 19.9 Å². The van der Waals surface area contributed by atoms with Crippen LogP contribution in [0.4, 0.5) is 4.79 Å². The molecule has 0 bridgehead atoms. The molecule has 0 aliphatic rings.